The molecule has 0 spiro atoms. The summed E-state index contributed by atoms with van der Waals surface area (Å²) in [5.74, 6) is 0.590. The Morgan fingerprint density at radius 1 is 1.22 bits per heavy atom. The van der Waals surface area contributed by atoms with Gasteiger partial charge in [-0.3, -0.25) is 4.79 Å². The highest BCUT2D eigenvalue weighted by Crippen LogP contribution is 2.15. The van der Waals surface area contributed by atoms with Gasteiger partial charge in [-0.15, -0.1) is 0 Å². The standard InChI is InChI=1S/C17H24ClN3O2/c1-12(2)11-16(22)21-9-7-15(8-10-21)20-17(23)19-14-5-3-13(18)4-6-14/h3-6,12,15H,7-11H2,1-2H3,(H2,19,20,23). The number of hydrogen-bond acceptors (Lipinski definition) is 2. The summed E-state index contributed by atoms with van der Waals surface area (Å²) in [5.41, 5.74) is 0.705. The van der Waals surface area contributed by atoms with E-state index in [1.165, 1.54) is 0 Å². The van der Waals surface area contributed by atoms with E-state index in [2.05, 4.69) is 10.6 Å². The van der Waals surface area contributed by atoms with E-state index < -0.39 is 0 Å². The van der Waals surface area contributed by atoms with Gasteiger partial charge in [-0.2, -0.15) is 0 Å². The lowest BCUT2D eigenvalue weighted by atomic mass is 10.0. The number of halogens is 1. The van der Waals surface area contributed by atoms with E-state index in [4.69, 9.17) is 11.6 Å². The summed E-state index contributed by atoms with van der Waals surface area (Å²) >= 11 is 5.81. The van der Waals surface area contributed by atoms with Gasteiger partial charge in [0.1, 0.15) is 0 Å². The van der Waals surface area contributed by atoms with E-state index in [0.717, 1.165) is 12.8 Å². The second-order valence-electron chi connectivity index (χ2n) is 6.36. The molecule has 5 nitrogen and oxygen atoms in total. The van der Waals surface area contributed by atoms with Gasteiger partial charge < -0.3 is 15.5 Å². The third-order valence-corrected chi connectivity index (χ3v) is 4.12. The number of nitrogens with one attached hydrogen (secondary N) is 2. The summed E-state index contributed by atoms with van der Waals surface area (Å²) < 4.78 is 0. The van der Waals surface area contributed by atoms with E-state index in [1.807, 2.05) is 18.7 Å². The zero-order valence-electron chi connectivity index (χ0n) is 13.6. The minimum absolute atomic E-state index is 0.102. The number of anilines is 1. The summed E-state index contributed by atoms with van der Waals surface area (Å²) in [6, 6.07) is 6.86. The fraction of sp³-hybridized carbons (Fsp3) is 0.529. The van der Waals surface area contributed by atoms with Gasteiger partial charge in [0.2, 0.25) is 5.91 Å². The van der Waals surface area contributed by atoms with E-state index in [-0.39, 0.29) is 18.0 Å². The first-order valence-electron chi connectivity index (χ1n) is 8.05. The van der Waals surface area contributed by atoms with Crippen molar-refractivity contribution in [3.8, 4) is 0 Å². The van der Waals surface area contributed by atoms with Gasteiger partial charge in [-0.05, 0) is 43.0 Å². The van der Waals surface area contributed by atoms with Crippen molar-refractivity contribution in [1.82, 2.24) is 10.2 Å². The molecule has 126 valence electrons. The van der Waals surface area contributed by atoms with Crippen LogP contribution in [0.4, 0.5) is 10.5 Å². The van der Waals surface area contributed by atoms with Crippen LogP contribution in [0, 0.1) is 5.92 Å². The first kappa shape index (κ1) is 17.6. The number of amides is 3. The molecule has 1 aliphatic rings. The fourth-order valence-corrected chi connectivity index (χ4v) is 2.76. The smallest absolute Gasteiger partial charge is 0.319 e. The lowest BCUT2D eigenvalue weighted by molar-refractivity contribution is -0.133. The number of piperidine rings is 1. The first-order chi connectivity index (χ1) is 10.9. The predicted octanol–water partition coefficient (Wildman–Crippen LogP) is 3.50. The number of likely N-dealkylation sites (tertiary alicyclic amines) is 1. The highest BCUT2D eigenvalue weighted by molar-refractivity contribution is 6.30. The van der Waals surface area contributed by atoms with E-state index in [0.29, 0.717) is 36.1 Å². The molecular weight excluding hydrogens is 314 g/mol. The molecule has 23 heavy (non-hydrogen) atoms. The SMILES string of the molecule is CC(C)CC(=O)N1CCC(NC(=O)Nc2ccc(Cl)cc2)CC1. The Morgan fingerprint density at radius 3 is 2.39 bits per heavy atom. The van der Waals surface area contributed by atoms with Crippen LogP contribution in [0.1, 0.15) is 33.1 Å². The zero-order chi connectivity index (χ0) is 16.8. The van der Waals surface area contributed by atoms with Crippen molar-refractivity contribution in [2.24, 2.45) is 5.92 Å². The van der Waals surface area contributed by atoms with Crippen LogP contribution in [0.15, 0.2) is 24.3 Å². The van der Waals surface area contributed by atoms with Gasteiger partial charge in [-0.1, -0.05) is 25.4 Å². The van der Waals surface area contributed by atoms with Gasteiger partial charge in [0.05, 0.1) is 0 Å². The summed E-state index contributed by atoms with van der Waals surface area (Å²) in [6.07, 6.45) is 2.17. The Bertz CT molecular complexity index is 537. The summed E-state index contributed by atoms with van der Waals surface area (Å²) in [7, 11) is 0. The molecule has 3 amide bonds. The van der Waals surface area contributed by atoms with Crippen molar-refractivity contribution in [3.63, 3.8) is 0 Å². The molecule has 0 aromatic heterocycles. The number of carbonyl (C=O) groups is 2. The van der Waals surface area contributed by atoms with Crippen molar-refractivity contribution in [2.75, 3.05) is 18.4 Å². The first-order valence-corrected chi connectivity index (χ1v) is 8.42. The number of hydrogen-bond donors (Lipinski definition) is 2. The van der Waals surface area contributed by atoms with Gasteiger partial charge in [0.15, 0.2) is 0 Å². The Labute approximate surface area is 142 Å². The summed E-state index contributed by atoms with van der Waals surface area (Å²) in [6.45, 7) is 5.51. The normalized spacial score (nSPS) is 15.6. The molecule has 2 rings (SSSR count). The maximum atomic E-state index is 12.0. The number of urea groups is 1. The molecule has 0 aliphatic carbocycles. The lowest BCUT2D eigenvalue weighted by Crippen LogP contribution is -2.47. The third kappa shape index (κ3) is 5.75. The van der Waals surface area contributed by atoms with Crippen molar-refractivity contribution in [2.45, 2.75) is 39.2 Å². The zero-order valence-corrected chi connectivity index (χ0v) is 14.4. The molecule has 0 bridgehead atoms. The molecule has 1 saturated heterocycles. The topological polar surface area (TPSA) is 61.4 Å². The Kier molecular flexibility index (Phi) is 6.28. The fourth-order valence-electron chi connectivity index (χ4n) is 2.64. The number of rotatable bonds is 4. The van der Waals surface area contributed by atoms with Gasteiger partial charge in [0.25, 0.3) is 0 Å². The van der Waals surface area contributed by atoms with Gasteiger partial charge in [-0.25, -0.2) is 4.79 Å². The average molecular weight is 338 g/mol. The van der Waals surface area contributed by atoms with Crippen LogP contribution >= 0.6 is 11.6 Å². The Hall–Kier alpha value is -1.75. The minimum atomic E-state index is -0.223. The monoisotopic (exact) mass is 337 g/mol. The van der Waals surface area contributed by atoms with Crippen LogP contribution in [-0.2, 0) is 4.79 Å². The predicted molar refractivity (Wildman–Crippen MR) is 92.7 cm³/mol. The maximum Gasteiger partial charge on any atom is 0.319 e. The molecule has 1 aliphatic heterocycles. The molecule has 1 aromatic rings. The molecule has 0 radical (unpaired) electrons. The highest BCUT2D eigenvalue weighted by Gasteiger charge is 2.24. The minimum Gasteiger partial charge on any atom is -0.343 e. The molecule has 0 unspecified atom stereocenters. The molecule has 1 heterocycles. The maximum absolute atomic E-state index is 12.0. The van der Waals surface area contributed by atoms with Crippen molar-refractivity contribution in [1.29, 1.82) is 0 Å². The van der Waals surface area contributed by atoms with Gasteiger partial charge >= 0.3 is 6.03 Å². The van der Waals surface area contributed by atoms with Crippen molar-refractivity contribution >= 4 is 29.2 Å². The van der Waals surface area contributed by atoms with E-state index in [9.17, 15) is 9.59 Å². The van der Waals surface area contributed by atoms with Crippen LogP contribution in [0.5, 0.6) is 0 Å². The number of benzene rings is 1. The number of nitrogens with zero attached hydrogens (tertiary/aromatic N) is 1. The third-order valence-electron chi connectivity index (χ3n) is 3.87. The molecule has 2 N–H and O–H groups in total. The van der Waals surface area contributed by atoms with Crippen molar-refractivity contribution < 1.29 is 9.59 Å². The highest BCUT2D eigenvalue weighted by atomic mass is 35.5. The van der Waals surface area contributed by atoms with Crippen LogP contribution in [-0.4, -0.2) is 36.0 Å². The molecule has 0 saturated carbocycles. The lowest BCUT2D eigenvalue weighted by Gasteiger charge is -2.32. The van der Waals surface area contributed by atoms with Crippen LogP contribution in [0.3, 0.4) is 0 Å². The molecule has 0 atom stereocenters. The van der Waals surface area contributed by atoms with E-state index in [1.54, 1.807) is 24.3 Å². The van der Waals surface area contributed by atoms with Crippen LogP contribution < -0.4 is 10.6 Å². The molecule has 1 aromatic carbocycles. The summed E-state index contributed by atoms with van der Waals surface area (Å²) in [5, 5.41) is 6.38. The molecule has 6 heteroatoms. The quantitative estimate of drug-likeness (QED) is 0.883. The molecular formula is C17H24ClN3O2. The second-order valence-corrected chi connectivity index (χ2v) is 6.79. The van der Waals surface area contributed by atoms with E-state index >= 15 is 0 Å². The largest absolute Gasteiger partial charge is 0.343 e. The molecule has 1 fully saturated rings. The summed E-state index contributed by atoms with van der Waals surface area (Å²) in [4.78, 5) is 25.9. The van der Waals surface area contributed by atoms with Gasteiger partial charge in [0, 0.05) is 36.3 Å². The number of carbonyl (C=O) groups excluding carboxylic acids is 2. The Balaban J connectivity index is 1.74. The van der Waals surface area contributed by atoms with Crippen molar-refractivity contribution in [3.05, 3.63) is 29.3 Å². The van der Waals surface area contributed by atoms with Crippen LogP contribution in [0.25, 0.3) is 0 Å². The second kappa shape index (κ2) is 8.20. The van der Waals surface area contributed by atoms with Crippen LogP contribution in [0.2, 0.25) is 5.02 Å². The average Bonchev–Trinajstić information content (AvgIpc) is 2.49. The Morgan fingerprint density at radius 2 is 1.83 bits per heavy atom.